The van der Waals surface area contributed by atoms with Crippen LogP contribution >= 0.6 is 0 Å². The molecule has 162 valence electrons. The highest BCUT2D eigenvalue weighted by Crippen LogP contribution is 2.41. The Morgan fingerprint density at radius 3 is 1.57 bits per heavy atom. The predicted molar refractivity (Wildman–Crippen MR) is 119 cm³/mol. The Hall–Kier alpha value is -2.62. The first-order chi connectivity index (χ1) is 14.4. The summed E-state index contributed by atoms with van der Waals surface area (Å²) in [7, 11) is 0. The second-order valence-corrected chi connectivity index (χ2v) is 8.12. The third kappa shape index (κ3) is 5.94. The summed E-state index contributed by atoms with van der Waals surface area (Å²) in [5.74, 6) is -0.251. The van der Waals surface area contributed by atoms with Crippen LogP contribution in [0.1, 0.15) is 67.7 Å². The molecule has 0 spiro atoms. The minimum absolute atomic E-state index is 0.214. The monoisotopic (exact) mass is 410 g/mol. The molecule has 0 bridgehead atoms. The lowest BCUT2D eigenvalue weighted by Gasteiger charge is -2.42. The fraction of sp³-hybridized carbons (Fsp3) is 0.462. The van der Waals surface area contributed by atoms with Crippen molar-refractivity contribution in [1.29, 1.82) is 0 Å². The van der Waals surface area contributed by atoms with Crippen LogP contribution in [0.3, 0.4) is 0 Å². The molecule has 2 unspecified atom stereocenters. The standard InChI is InChI=1S/C26H34O4/c1-5-13-21(4)26(20(3)6-2,18-29-24(27)22-14-9-7-10-15-22)19-30-25(28)23-16-11-8-12-17-23/h7-12,14-17,20-21H,5-6,13,18-19H2,1-4H3. The van der Waals surface area contributed by atoms with Crippen LogP contribution in [0.5, 0.6) is 0 Å². The average molecular weight is 411 g/mol. The average Bonchev–Trinajstić information content (AvgIpc) is 2.79. The van der Waals surface area contributed by atoms with Crippen LogP contribution < -0.4 is 0 Å². The second kappa shape index (κ2) is 11.5. The number of benzene rings is 2. The highest BCUT2D eigenvalue weighted by molar-refractivity contribution is 5.89. The maximum Gasteiger partial charge on any atom is 0.338 e. The Kier molecular flexibility index (Phi) is 9.10. The first kappa shape index (κ1) is 23.7. The summed E-state index contributed by atoms with van der Waals surface area (Å²) in [6, 6.07) is 18.0. The minimum Gasteiger partial charge on any atom is -0.461 e. The summed E-state index contributed by atoms with van der Waals surface area (Å²) in [5, 5.41) is 0. The number of rotatable bonds is 11. The largest absolute Gasteiger partial charge is 0.461 e. The number of ether oxygens (including phenoxy) is 2. The molecule has 2 aromatic carbocycles. The summed E-state index contributed by atoms with van der Waals surface area (Å²) in [5.41, 5.74) is 0.611. The Labute approximate surface area is 180 Å². The molecule has 0 aliphatic rings. The smallest absolute Gasteiger partial charge is 0.338 e. The maximum atomic E-state index is 12.6. The molecule has 4 nitrogen and oxygen atoms in total. The molecular formula is C26H34O4. The van der Waals surface area contributed by atoms with Gasteiger partial charge in [0.15, 0.2) is 0 Å². The van der Waals surface area contributed by atoms with Gasteiger partial charge < -0.3 is 9.47 Å². The molecule has 0 saturated carbocycles. The molecule has 0 aromatic heterocycles. The van der Waals surface area contributed by atoms with E-state index < -0.39 is 5.41 Å². The lowest BCUT2D eigenvalue weighted by Crippen LogP contribution is -2.45. The summed E-state index contributed by atoms with van der Waals surface area (Å²) < 4.78 is 11.6. The van der Waals surface area contributed by atoms with E-state index in [0.717, 1.165) is 19.3 Å². The van der Waals surface area contributed by atoms with Crippen LogP contribution in [0.4, 0.5) is 0 Å². The van der Waals surface area contributed by atoms with Crippen LogP contribution in [0.15, 0.2) is 60.7 Å². The van der Waals surface area contributed by atoms with E-state index in [9.17, 15) is 9.59 Å². The third-order valence-corrected chi connectivity index (χ3v) is 6.26. The van der Waals surface area contributed by atoms with Gasteiger partial charge in [-0.25, -0.2) is 9.59 Å². The summed E-state index contributed by atoms with van der Waals surface area (Å²) >= 11 is 0. The van der Waals surface area contributed by atoms with Gasteiger partial charge in [0.1, 0.15) is 13.2 Å². The number of esters is 2. The van der Waals surface area contributed by atoms with E-state index in [1.807, 2.05) is 36.4 Å². The SMILES string of the molecule is CCCC(C)C(COC(=O)c1ccccc1)(COC(=O)c1ccccc1)C(C)CC. The van der Waals surface area contributed by atoms with E-state index in [1.54, 1.807) is 24.3 Å². The molecule has 0 radical (unpaired) electrons. The van der Waals surface area contributed by atoms with Crippen LogP contribution in [0.2, 0.25) is 0 Å². The lowest BCUT2D eigenvalue weighted by atomic mass is 9.66. The first-order valence-electron chi connectivity index (χ1n) is 10.9. The van der Waals surface area contributed by atoms with Crippen molar-refractivity contribution in [3.63, 3.8) is 0 Å². The minimum atomic E-state index is -0.445. The van der Waals surface area contributed by atoms with E-state index >= 15 is 0 Å². The number of hydrogen-bond acceptors (Lipinski definition) is 4. The van der Waals surface area contributed by atoms with Gasteiger partial charge in [0.05, 0.1) is 11.1 Å². The number of hydrogen-bond donors (Lipinski definition) is 0. The molecule has 0 N–H and O–H groups in total. The van der Waals surface area contributed by atoms with E-state index in [-0.39, 0.29) is 37.0 Å². The highest BCUT2D eigenvalue weighted by Gasteiger charge is 2.43. The van der Waals surface area contributed by atoms with Gasteiger partial charge in [-0.05, 0) is 36.1 Å². The van der Waals surface area contributed by atoms with Crippen molar-refractivity contribution in [3.05, 3.63) is 71.8 Å². The highest BCUT2D eigenvalue weighted by atomic mass is 16.5. The molecular weight excluding hydrogens is 376 g/mol. The van der Waals surface area contributed by atoms with Crippen LogP contribution in [0, 0.1) is 17.3 Å². The maximum absolute atomic E-state index is 12.6. The molecule has 2 atom stereocenters. The predicted octanol–water partition coefficient (Wildman–Crippen LogP) is 6.17. The van der Waals surface area contributed by atoms with Crippen molar-refractivity contribution in [3.8, 4) is 0 Å². The van der Waals surface area contributed by atoms with E-state index in [1.165, 1.54) is 0 Å². The van der Waals surface area contributed by atoms with Crippen molar-refractivity contribution in [1.82, 2.24) is 0 Å². The van der Waals surface area contributed by atoms with Gasteiger partial charge in [0.2, 0.25) is 0 Å². The van der Waals surface area contributed by atoms with Crippen molar-refractivity contribution < 1.29 is 19.1 Å². The zero-order chi connectivity index (χ0) is 22.0. The zero-order valence-electron chi connectivity index (χ0n) is 18.6. The van der Waals surface area contributed by atoms with E-state index in [2.05, 4.69) is 27.7 Å². The Morgan fingerprint density at radius 1 is 0.767 bits per heavy atom. The first-order valence-corrected chi connectivity index (χ1v) is 10.9. The molecule has 0 amide bonds. The van der Waals surface area contributed by atoms with Crippen molar-refractivity contribution in [2.24, 2.45) is 17.3 Å². The van der Waals surface area contributed by atoms with Crippen LogP contribution in [-0.2, 0) is 9.47 Å². The van der Waals surface area contributed by atoms with Gasteiger partial charge >= 0.3 is 11.9 Å². The molecule has 4 heteroatoms. The van der Waals surface area contributed by atoms with Crippen LogP contribution in [0.25, 0.3) is 0 Å². The molecule has 0 heterocycles. The normalized spacial score (nSPS) is 13.3. The van der Waals surface area contributed by atoms with E-state index in [0.29, 0.717) is 11.1 Å². The molecule has 2 aromatic rings. The number of carbonyl (C=O) groups excluding carboxylic acids is 2. The molecule has 0 fully saturated rings. The Balaban J connectivity index is 2.22. The molecule has 30 heavy (non-hydrogen) atoms. The van der Waals surface area contributed by atoms with Gasteiger partial charge in [-0.3, -0.25) is 0 Å². The molecule has 0 aliphatic heterocycles. The lowest BCUT2D eigenvalue weighted by molar-refractivity contribution is -0.0582. The molecule has 2 rings (SSSR count). The van der Waals surface area contributed by atoms with E-state index in [4.69, 9.17) is 9.47 Å². The third-order valence-electron chi connectivity index (χ3n) is 6.26. The quantitative estimate of drug-likeness (QED) is 0.416. The molecule has 0 aliphatic carbocycles. The second-order valence-electron chi connectivity index (χ2n) is 8.12. The van der Waals surface area contributed by atoms with Gasteiger partial charge in [0, 0.05) is 5.41 Å². The summed E-state index contributed by atoms with van der Waals surface area (Å²) in [6.45, 7) is 9.03. The van der Waals surface area contributed by atoms with Crippen LogP contribution in [-0.4, -0.2) is 25.2 Å². The Bertz CT molecular complexity index is 730. The Morgan fingerprint density at radius 2 is 1.20 bits per heavy atom. The van der Waals surface area contributed by atoms with Gasteiger partial charge in [0.25, 0.3) is 0 Å². The topological polar surface area (TPSA) is 52.6 Å². The fourth-order valence-electron chi connectivity index (χ4n) is 3.94. The van der Waals surface area contributed by atoms with Gasteiger partial charge in [-0.15, -0.1) is 0 Å². The van der Waals surface area contributed by atoms with Crippen molar-refractivity contribution in [2.75, 3.05) is 13.2 Å². The summed E-state index contributed by atoms with van der Waals surface area (Å²) in [4.78, 5) is 25.2. The van der Waals surface area contributed by atoms with Gasteiger partial charge in [-0.1, -0.05) is 83.4 Å². The fourth-order valence-corrected chi connectivity index (χ4v) is 3.94. The zero-order valence-corrected chi connectivity index (χ0v) is 18.6. The van der Waals surface area contributed by atoms with Crippen molar-refractivity contribution in [2.45, 2.75) is 47.0 Å². The summed E-state index contributed by atoms with van der Waals surface area (Å²) in [6.07, 6.45) is 2.88. The number of carbonyl (C=O) groups is 2. The molecule has 0 saturated heterocycles. The van der Waals surface area contributed by atoms with Crippen molar-refractivity contribution >= 4 is 11.9 Å². The van der Waals surface area contributed by atoms with Gasteiger partial charge in [-0.2, -0.15) is 0 Å².